The predicted octanol–water partition coefficient (Wildman–Crippen LogP) is 2.62. The van der Waals surface area contributed by atoms with E-state index in [4.69, 9.17) is 5.73 Å². The van der Waals surface area contributed by atoms with Crippen molar-refractivity contribution in [2.24, 2.45) is 0 Å². The number of hydrogen-bond acceptors (Lipinski definition) is 2. The van der Waals surface area contributed by atoms with Crippen LogP contribution in [-0.4, -0.2) is 5.54 Å². The molecule has 0 radical (unpaired) electrons. The Morgan fingerprint density at radius 1 is 1.31 bits per heavy atom. The highest BCUT2D eigenvalue weighted by Crippen LogP contribution is 2.22. The summed E-state index contributed by atoms with van der Waals surface area (Å²) in [6.07, 6.45) is 0. The van der Waals surface area contributed by atoms with Crippen molar-refractivity contribution in [3.05, 3.63) is 24.0 Å². The molecule has 13 heavy (non-hydrogen) atoms. The van der Waals surface area contributed by atoms with Gasteiger partial charge in [0.05, 0.1) is 11.4 Å². The molecule has 0 unspecified atom stereocenters. The molecule has 1 aromatic rings. The zero-order valence-corrected chi connectivity index (χ0v) is 8.19. The molecule has 1 rings (SSSR count). The summed E-state index contributed by atoms with van der Waals surface area (Å²) in [7, 11) is 0. The van der Waals surface area contributed by atoms with Gasteiger partial charge in [0, 0.05) is 5.54 Å². The Kier molecular flexibility index (Phi) is 2.45. The van der Waals surface area contributed by atoms with Crippen molar-refractivity contribution in [2.45, 2.75) is 26.3 Å². The quantitative estimate of drug-likeness (QED) is 0.655. The van der Waals surface area contributed by atoms with E-state index >= 15 is 0 Å². The number of halogens is 1. The Morgan fingerprint density at radius 3 is 2.38 bits per heavy atom. The number of anilines is 2. The summed E-state index contributed by atoms with van der Waals surface area (Å²) >= 11 is 0. The number of nitrogens with two attached hydrogens (primary N) is 1. The maximum atomic E-state index is 12.7. The highest BCUT2D eigenvalue weighted by Gasteiger charge is 2.10. The van der Waals surface area contributed by atoms with Gasteiger partial charge in [-0.25, -0.2) is 4.39 Å². The van der Waals surface area contributed by atoms with Crippen molar-refractivity contribution >= 4 is 11.4 Å². The minimum absolute atomic E-state index is 0.0635. The molecule has 0 bridgehead atoms. The molecule has 3 N–H and O–H groups in total. The van der Waals surface area contributed by atoms with Crippen LogP contribution in [0.1, 0.15) is 20.8 Å². The van der Waals surface area contributed by atoms with Gasteiger partial charge in [-0.2, -0.15) is 0 Å². The molecule has 0 spiro atoms. The molecule has 0 amide bonds. The number of nitrogen functional groups attached to an aromatic ring is 1. The van der Waals surface area contributed by atoms with Crippen molar-refractivity contribution in [3.63, 3.8) is 0 Å². The second-order valence-corrected chi connectivity index (χ2v) is 4.11. The number of nitrogens with one attached hydrogen (secondary N) is 1. The van der Waals surface area contributed by atoms with Crippen LogP contribution < -0.4 is 11.1 Å². The fourth-order valence-electron chi connectivity index (χ4n) is 1.05. The molecular formula is C10H15FN2. The van der Waals surface area contributed by atoms with Crippen LogP contribution in [0.15, 0.2) is 18.2 Å². The van der Waals surface area contributed by atoms with Crippen molar-refractivity contribution < 1.29 is 4.39 Å². The fraction of sp³-hybridized carbons (Fsp3) is 0.400. The normalized spacial score (nSPS) is 11.4. The Balaban J connectivity index is 2.90. The summed E-state index contributed by atoms with van der Waals surface area (Å²) in [6.45, 7) is 6.07. The molecule has 0 aliphatic rings. The number of hydrogen-bond donors (Lipinski definition) is 2. The molecule has 0 saturated carbocycles. The zero-order chi connectivity index (χ0) is 10.1. The van der Waals surface area contributed by atoms with Crippen LogP contribution in [0.5, 0.6) is 0 Å². The molecule has 0 aliphatic carbocycles. The van der Waals surface area contributed by atoms with Crippen LogP contribution in [0.2, 0.25) is 0 Å². The molecule has 0 fully saturated rings. The second-order valence-electron chi connectivity index (χ2n) is 4.11. The van der Waals surface area contributed by atoms with Crippen molar-refractivity contribution in [1.82, 2.24) is 0 Å². The van der Waals surface area contributed by atoms with Crippen molar-refractivity contribution in [3.8, 4) is 0 Å². The second kappa shape index (κ2) is 3.24. The van der Waals surface area contributed by atoms with Crippen LogP contribution in [0.3, 0.4) is 0 Å². The van der Waals surface area contributed by atoms with Crippen molar-refractivity contribution in [1.29, 1.82) is 0 Å². The van der Waals surface area contributed by atoms with E-state index in [0.717, 1.165) is 5.69 Å². The third-order valence-electron chi connectivity index (χ3n) is 1.52. The third-order valence-corrected chi connectivity index (χ3v) is 1.52. The summed E-state index contributed by atoms with van der Waals surface area (Å²) in [5, 5.41) is 3.18. The van der Waals surface area contributed by atoms with Gasteiger partial charge in [0.15, 0.2) is 0 Å². The van der Waals surface area contributed by atoms with E-state index in [1.54, 1.807) is 6.07 Å². The van der Waals surface area contributed by atoms with E-state index in [2.05, 4.69) is 5.32 Å². The first kappa shape index (κ1) is 9.84. The lowest BCUT2D eigenvalue weighted by molar-refractivity contribution is 0.623. The predicted molar refractivity (Wildman–Crippen MR) is 54.2 cm³/mol. The first-order chi connectivity index (χ1) is 5.88. The summed E-state index contributed by atoms with van der Waals surface area (Å²) in [5.74, 6) is -0.308. The summed E-state index contributed by atoms with van der Waals surface area (Å²) in [4.78, 5) is 0. The molecule has 0 aliphatic heterocycles. The molecular weight excluding hydrogens is 167 g/mol. The monoisotopic (exact) mass is 182 g/mol. The number of benzene rings is 1. The van der Waals surface area contributed by atoms with Gasteiger partial charge in [-0.05, 0) is 39.0 Å². The van der Waals surface area contributed by atoms with Gasteiger partial charge in [-0.3, -0.25) is 0 Å². The van der Waals surface area contributed by atoms with Gasteiger partial charge in [-0.15, -0.1) is 0 Å². The van der Waals surface area contributed by atoms with Gasteiger partial charge < -0.3 is 11.1 Å². The third kappa shape index (κ3) is 2.93. The van der Waals surface area contributed by atoms with Crippen LogP contribution in [0.4, 0.5) is 15.8 Å². The minimum Gasteiger partial charge on any atom is -0.397 e. The largest absolute Gasteiger partial charge is 0.397 e. The topological polar surface area (TPSA) is 38.0 Å². The van der Waals surface area contributed by atoms with E-state index in [1.807, 2.05) is 20.8 Å². The first-order valence-corrected chi connectivity index (χ1v) is 4.22. The SMILES string of the molecule is CC(C)(C)Nc1ccc(F)cc1N. The Bertz CT molecular complexity index is 302. The van der Waals surface area contributed by atoms with E-state index in [0.29, 0.717) is 5.69 Å². The van der Waals surface area contributed by atoms with E-state index in [9.17, 15) is 4.39 Å². The van der Waals surface area contributed by atoms with Crippen LogP contribution in [0, 0.1) is 5.82 Å². The van der Waals surface area contributed by atoms with E-state index in [1.165, 1.54) is 12.1 Å². The Morgan fingerprint density at radius 2 is 1.92 bits per heavy atom. The van der Waals surface area contributed by atoms with Gasteiger partial charge >= 0.3 is 0 Å². The summed E-state index contributed by atoms with van der Waals surface area (Å²) < 4.78 is 12.7. The number of rotatable bonds is 1. The maximum Gasteiger partial charge on any atom is 0.125 e. The molecule has 0 aromatic heterocycles. The molecule has 3 heteroatoms. The van der Waals surface area contributed by atoms with E-state index < -0.39 is 0 Å². The Hall–Kier alpha value is -1.25. The van der Waals surface area contributed by atoms with Gasteiger partial charge in [-0.1, -0.05) is 0 Å². The molecule has 1 aromatic carbocycles. The average Bonchev–Trinajstić information content (AvgIpc) is 1.93. The first-order valence-electron chi connectivity index (χ1n) is 4.22. The molecule has 2 nitrogen and oxygen atoms in total. The van der Waals surface area contributed by atoms with Crippen LogP contribution in [0.25, 0.3) is 0 Å². The maximum absolute atomic E-state index is 12.7. The highest BCUT2D eigenvalue weighted by atomic mass is 19.1. The Labute approximate surface area is 77.9 Å². The fourth-order valence-corrected chi connectivity index (χ4v) is 1.05. The van der Waals surface area contributed by atoms with Crippen molar-refractivity contribution in [2.75, 3.05) is 11.1 Å². The smallest absolute Gasteiger partial charge is 0.125 e. The van der Waals surface area contributed by atoms with Gasteiger partial charge in [0.1, 0.15) is 5.82 Å². The molecule has 0 saturated heterocycles. The van der Waals surface area contributed by atoms with Crippen LogP contribution >= 0.6 is 0 Å². The standard InChI is InChI=1S/C10H15FN2/c1-10(2,3)13-9-5-4-7(11)6-8(9)12/h4-6,13H,12H2,1-3H3. The zero-order valence-electron chi connectivity index (χ0n) is 8.19. The van der Waals surface area contributed by atoms with E-state index in [-0.39, 0.29) is 11.4 Å². The minimum atomic E-state index is -0.308. The highest BCUT2D eigenvalue weighted by molar-refractivity contribution is 5.66. The van der Waals surface area contributed by atoms with Gasteiger partial charge in [0.2, 0.25) is 0 Å². The lowest BCUT2D eigenvalue weighted by Crippen LogP contribution is -2.26. The lowest BCUT2D eigenvalue weighted by atomic mass is 10.1. The van der Waals surface area contributed by atoms with Crippen LogP contribution in [-0.2, 0) is 0 Å². The summed E-state index contributed by atoms with van der Waals surface area (Å²) in [5.41, 5.74) is 6.77. The average molecular weight is 182 g/mol. The molecule has 0 heterocycles. The van der Waals surface area contributed by atoms with Gasteiger partial charge in [0.25, 0.3) is 0 Å². The lowest BCUT2D eigenvalue weighted by Gasteiger charge is -2.23. The summed E-state index contributed by atoms with van der Waals surface area (Å²) in [6, 6.07) is 4.36. The molecule has 72 valence electrons. The molecule has 0 atom stereocenters.